The molecule has 3 aliphatic heterocycles. The van der Waals surface area contributed by atoms with E-state index in [4.69, 9.17) is 0 Å². The summed E-state index contributed by atoms with van der Waals surface area (Å²) < 4.78 is 0. The number of rotatable bonds is 1. The first-order valence-corrected chi connectivity index (χ1v) is 6.76. The number of hydrogen-bond acceptors (Lipinski definition) is 3. The van der Waals surface area contributed by atoms with Gasteiger partial charge >= 0.3 is 0 Å². The van der Waals surface area contributed by atoms with Crippen LogP contribution in [0.1, 0.15) is 24.3 Å². The lowest BCUT2D eigenvalue weighted by molar-refractivity contribution is 0.130. The average molecular weight is 229 g/mol. The van der Waals surface area contributed by atoms with Gasteiger partial charge in [0, 0.05) is 36.9 Å². The molecule has 0 aromatic carbocycles. The van der Waals surface area contributed by atoms with Gasteiger partial charge in [-0.1, -0.05) is 6.07 Å². The summed E-state index contributed by atoms with van der Waals surface area (Å²) in [5.41, 5.74) is 1.87. The van der Waals surface area contributed by atoms with E-state index in [9.17, 15) is 0 Å². The third-order valence-electron chi connectivity index (χ3n) is 5.11. The van der Waals surface area contributed by atoms with Crippen LogP contribution in [-0.4, -0.2) is 41.6 Å². The van der Waals surface area contributed by atoms with Crippen LogP contribution < -0.4 is 5.32 Å². The zero-order valence-corrected chi connectivity index (χ0v) is 10.1. The van der Waals surface area contributed by atoms with Gasteiger partial charge in [0.1, 0.15) is 0 Å². The molecule has 3 saturated heterocycles. The molecule has 0 amide bonds. The maximum atomic E-state index is 4.33. The second-order valence-corrected chi connectivity index (χ2v) is 5.79. The maximum Gasteiger partial charge on any atom is 0.0418 e. The van der Waals surface area contributed by atoms with Crippen LogP contribution in [0, 0.1) is 5.92 Å². The minimum Gasteiger partial charge on any atom is -0.315 e. The van der Waals surface area contributed by atoms with Crippen molar-refractivity contribution >= 4 is 0 Å². The molecule has 4 unspecified atom stereocenters. The van der Waals surface area contributed by atoms with Crippen molar-refractivity contribution in [3.05, 3.63) is 30.1 Å². The Morgan fingerprint density at radius 3 is 3.24 bits per heavy atom. The van der Waals surface area contributed by atoms with Crippen molar-refractivity contribution in [2.24, 2.45) is 5.92 Å². The van der Waals surface area contributed by atoms with E-state index in [-0.39, 0.29) is 0 Å². The molecule has 4 heterocycles. The smallest absolute Gasteiger partial charge is 0.0418 e. The summed E-state index contributed by atoms with van der Waals surface area (Å²) in [6.07, 6.45) is 6.66. The van der Waals surface area contributed by atoms with Crippen molar-refractivity contribution in [2.45, 2.75) is 24.3 Å². The Hall–Kier alpha value is -0.930. The van der Waals surface area contributed by atoms with E-state index in [2.05, 4.69) is 33.5 Å². The molecule has 90 valence electrons. The van der Waals surface area contributed by atoms with Crippen LogP contribution >= 0.6 is 0 Å². The van der Waals surface area contributed by atoms with Crippen LogP contribution in [0.3, 0.4) is 0 Å². The fraction of sp³-hybridized carbons (Fsp3) is 0.643. The van der Waals surface area contributed by atoms with Gasteiger partial charge in [0.15, 0.2) is 0 Å². The van der Waals surface area contributed by atoms with E-state index < -0.39 is 0 Å². The number of fused-ring (bicyclic) bond motifs is 3. The lowest BCUT2D eigenvalue weighted by atomic mass is 9.72. The highest BCUT2D eigenvalue weighted by atomic mass is 15.3. The van der Waals surface area contributed by atoms with Crippen LogP contribution in [0.4, 0.5) is 0 Å². The van der Waals surface area contributed by atoms with Crippen LogP contribution in [-0.2, 0) is 0 Å². The van der Waals surface area contributed by atoms with Crippen molar-refractivity contribution in [2.75, 3.05) is 26.2 Å². The number of hydrogen-bond donors (Lipinski definition) is 1. The van der Waals surface area contributed by atoms with Crippen molar-refractivity contribution in [1.82, 2.24) is 15.2 Å². The first-order chi connectivity index (χ1) is 8.40. The minimum absolute atomic E-state index is 0.409. The molecule has 1 N–H and O–H groups in total. The molecule has 3 aliphatic rings. The number of aromatic nitrogens is 1. The van der Waals surface area contributed by atoms with E-state index in [1.54, 1.807) is 0 Å². The largest absolute Gasteiger partial charge is 0.315 e. The molecular formula is C14H19N3. The Labute approximate surface area is 102 Å². The molecule has 0 aliphatic carbocycles. The number of pyridine rings is 1. The van der Waals surface area contributed by atoms with Gasteiger partial charge in [0.05, 0.1) is 0 Å². The molecule has 1 aromatic rings. The van der Waals surface area contributed by atoms with Gasteiger partial charge in [0.2, 0.25) is 0 Å². The first kappa shape index (κ1) is 10.0. The summed E-state index contributed by atoms with van der Waals surface area (Å²) in [4.78, 5) is 7.07. The Balaban J connectivity index is 1.78. The van der Waals surface area contributed by atoms with Crippen LogP contribution in [0.15, 0.2) is 24.5 Å². The van der Waals surface area contributed by atoms with E-state index in [0.29, 0.717) is 11.5 Å². The van der Waals surface area contributed by atoms with E-state index >= 15 is 0 Å². The van der Waals surface area contributed by atoms with E-state index in [0.717, 1.165) is 5.92 Å². The third-order valence-corrected chi connectivity index (χ3v) is 5.11. The summed E-state index contributed by atoms with van der Waals surface area (Å²) in [6.45, 7) is 4.97. The van der Waals surface area contributed by atoms with Gasteiger partial charge in [-0.3, -0.25) is 9.88 Å². The highest BCUT2D eigenvalue weighted by Crippen LogP contribution is 2.53. The molecule has 0 radical (unpaired) electrons. The second-order valence-electron chi connectivity index (χ2n) is 5.79. The third kappa shape index (κ3) is 1.27. The van der Waals surface area contributed by atoms with E-state index in [1.165, 1.54) is 44.6 Å². The summed E-state index contributed by atoms with van der Waals surface area (Å²) >= 11 is 0. The highest BCUT2D eigenvalue weighted by Gasteiger charge is 2.57. The molecule has 3 heteroatoms. The molecule has 4 rings (SSSR count). The zero-order valence-electron chi connectivity index (χ0n) is 10.1. The molecule has 3 nitrogen and oxygen atoms in total. The number of nitrogens with one attached hydrogen (secondary N) is 1. The molecule has 2 bridgehead atoms. The average Bonchev–Trinajstić information content (AvgIpc) is 3.06. The first-order valence-electron chi connectivity index (χ1n) is 6.76. The highest BCUT2D eigenvalue weighted by molar-refractivity contribution is 5.29. The number of nitrogens with zero attached hydrogens (tertiary/aromatic N) is 2. The van der Waals surface area contributed by atoms with Crippen molar-refractivity contribution in [1.29, 1.82) is 0 Å². The Bertz CT molecular complexity index is 411. The molecule has 17 heavy (non-hydrogen) atoms. The molecule has 1 spiro atoms. The van der Waals surface area contributed by atoms with Crippen LogP contribution in [0.2, 0.25) is 0 Å². The lowest BCUT2D eigenvalue weighted by Gasteiger charge is -2.42. The minimum atomic E-state index is 0.409. The second kappa shape index (κ2) is 3.53. The summed E-state index contributed by atoms with van der Waals surface area (Å²) in [6, 6.07) is 4.37. The normalized spacial score (nSPS) is 43.6. The van der Waals surface area contributed by atoms with Crippen molar-refractivity contribution < 1.29 is 0 Å². The van der Waals surface area contributed by atoms with Crippen LogP contribution in [0.25, 0.3) is 0 Å². The Morgan fingerprint density at radius 1 is 1.47 bits per heavy atom. The van der Waals surface area contributed by atoms with Crippen LogP contribution in [0.5, 0.6) is 0 Å². The van der Waals surface area contributed by atoms with Gasteiger partial charge < -0.3 is 5.32 Å². The summed E-state index contributed by atoms with van der Waals surface area (Å²) in [7, 11) is 0. The SMILES string of the molecule is c1cncc(C2C3CCN(C3)C23CCNC3)c1. The molecule has 3 fully saturated rings. The molecule has 1 aromatic heterocycles. The van der Waals surface area contributed by atoms with E-state index in [1.807, 2.05) is 6.20 Å². The van der Waals surface area contributed by atoms with Gasteiger partial charge in [0.25, 0.3) is 0 Å². The predicted molar refractivity (Wildman–Crippen MR) is 66.9 cm³/mol. The molecule has 0 saturated carbocycles. The monoisotopic (exact) mass is 229 g/mol. The standard InChI is InChI=1S/C14H19N3/c1-2-11(8-15-5-1)13-12-3-7-17(9-12)14(13)4-6-16-10-14/h1-2,5,8,12-13,16H,3-4,6-7,9-10H2. The van der Waals surface area contributed by atoms with Gasteiger partial charge in [-0.2, -0.15) is 0 Å². The lowest BCUT2D eigenvalue weighted by Crippen LogP contribution is -2.50. The van der Waals surface area contributed by atoms with Gasteiger partial charge in [-0.25, -0.2) is 0 Å². The van der Waals surface area contributed by atoms with Crippen molar-refractivity contribution in [3.8, 4) is 0 Å². The maximum absolute atomic E-state index is 4.33. The number of piperidine rings is 1. The predicted octanol–water partition coefficient (Wildman–Crippen LogP) is 1.23. The topological polar surface area (TPSA) is 28.2 Å². The van der Waals surface area contributed by atoms with Gasteiger partial charge in [-0.15, -0.1) is 0 Å². The zero-order chi connectivity index (χ0) is 11.3. The summed E-state index contributed by atoms with van der Waals surface area (Å²) in [5, 5.41) is 3.58. The quantitative estimate of drug-likeness (QED) is 0.785. The summed E-state index contributed by atoms with van der Waals surface area (Å²) in [5.74, 6) is 1.57. The Kier molecular flexibility index (Phi) is 2.08. The molecule has 4 atom stereocenters. The molecular weight excluding hydrogens is 210 g/mol. The fourth-order valence-corrected chi connectivity index (χ4v) is 4.48. The van der Waals surface area contributed by atoms with Crippen molar-refractivity contribution in [3.63, 3.8) is 0 Å². The van der Waals surface area contributed by atoms with Gasteiger partial charge in [-0.05, 0) is 43.5 Å². The Morgan fingerprint density at radius 2 is 2.47 bits per heavy atom. The fourth-order valence-electron chi connectivity index (χ4n) is 4.48.